The van der Waals surface area contributed by atoms with Gasteiger partial charge in [-0.3, -0.25) is 4.79 Å². The molecule has 6 heteroatoms. The highest BCUT2D eigenvalue weighted by molar-refractivity contribution is 6.32. The standard InChI is InChI=1S/C23H21N5O/c1-18-22(23(29)28(26-18)21-7-3-2-4-8-21)17-19-9-11-20(12-10-19)27(15-5-13-24)16-6-14-25/h2-4,7-12,17H,5-6,15-16H2,1H3/b22-17-. The van der Waals surface area contributed by atoms with E-state index in [-0.39, 0.29) is 5.91 Å². The number of hydrazone groups is 1. The lowest BCUT2D eigenvalue weighted by molar-refractivity contribution is -0.114. The highest BCUT2D eigenvalue weighted by Gasteiger charge is 2.28. The second-order valence-electron chi connectivity index (χ2n) is 6.59. The second-order valence-corrected chi connectivity index (χ2v) is 6.59. The van der Waals surface area contributed by atoms with Crippen LogP contribution in [0.25, 0.3) is 6.08 Å². The quantitative estimate of drug-likeness (QED) is 0.673. The van der Waals surface area contributed by atoms with Crippen LogP contribution in [-0.2, 0) is 4.79 Å². The van der Waals surface area contributed by atoms with Gasteiger partial charge >= 0.3 is 0 Å². The molecule has 0 radical (unpaired) electrons. The maximum Gasteiger partial charge on any atom is 0.280 e. The van der Waals surface area contributed by atoms with E-state index in [1.54, 1.807) is 0 Å². The highest BCUT2D eigenvalue weighted by atomic mass is 16.2. The number of rotatable bonds is 7. The maximum atomic E-state index is 12.8. The Balaban J connectivity index is 1.79. The van der Waals surface area contributed by atoms with E-state index in [1.807, 2.05) is 72.5 Å². The van der Waals surface area contributed by atoms with Crippen LogP contribution in [-0.4, -0.2) is 24.7 Å². The normalized spacial score (nSPS) is 14.4. The number of carbonyl (C=O) groups is 1. The molecule has 144 valence electrons. The first-order chi connectivity index (χ1) is 14.1. The zero-order valence-electron chi connectivity index (χ0n) is 16.2. The summed E-state index contributed by atoms with van der Waals surface area (Å²) in [6.07, 6.45) is 2.64. The summed E-state index contributed by atoms with van der Waals surface area (Å²) in [6, 6.07) is 21.4. The molecule has 1 aliphatic heterocycles. The van der Waals surface area contributed by atoms with Crippen LogP contribution in [0.4, 0.5) is 11.4 Å². The Morgan fingerprint density at radius 3 is 2.21 bits per heavy atom. The molecule has 1 amide bonds. The van der Waals surface area contributed by atoms with Crippen LogP contribution in [0.3, 0.4) is 0 Å². The van der Waals surface area contributed by atoms with Crippen molar-refractivity contribution < 1.29 is 4.79 Å². The van der Waals surface area contributed by atoms with Crippen molar-refractivity contribution in [2.75, 3.05) is 23.0 Å². The number of amides is 1. The van der Waals surface area contributed by atoms with Crippen LogP contribution in [0.5, 0.6) is 0 Å². The lowest BCUT2D eigenvalue weighted by Gasteiger charge is -2.22. The first-order valence-electron chi connectivity index (χ1n) is 9.39. The van der Waals surface area contributed by atoms with Crippen LogP contribution in [0, 0.1) is 22.7 Å². The molecular weight excluding hydrogens is 362 g/mol. The number of para-hydroxylation sites is 1. The molecule has 1 aliphatic rings. The van der Waals surface area contributed by atoms with Gasteiger partial charge in [-0.1, -0.05) is 30.3 Å². The molecule has 6 nitrogen and oxygen atoms in total. The van der Waals surface area contributed by atoms with E-state index in [0.717, 1.165) is 16.9 Å². The number of nitrogens with zero attached hydrogens (tertiary/aromatic N) is 5. The molecule has 1 heterocycles. The third-order valence-corrected chi connectivity index (χ3v) is 4.62. The molecule has 0 fully saturated rings. The number of hydrogen-bond acceptors (Lipinski definition) is 5. The van der Waals surface area contributed by atoms with E-state index in [9.17, 15) is 4.79 Å². The molecule has 0 N–H and O–H groups in total. The fraction of sp³-hybridized carbons (Fsp3) is 0.217. The molecule has 0 spiro atoms. The number of hydrogen-bond donors (Lipinski definition) is 0. The van der Waals surface area contributed by atoms with E-state index in [1.165, 1.54) is 5.01 Å². The van der Waals surface area contributed by atoms with E-state index in [4.69, 9.17) is 10.5 Å². The smallest absolute Gasteiger partial charge is 0.280 e. The fourth-order valence-electron chi connectivity index (χ4n) is 3.12. The molecular formula is C23H21N5O. The zero-order chi connectivity index (χ0) is 20.6. The highest BCUT2D eigenvalue weighted by Crippen LogP contribution is 2.25. The minimum Gasteiger partial charge on any atom is -0.369 e. The molecule has 0 saturated carbocycles. The minimum atomic E-state index is -0.151. The average Bonchev–Trinajstić information content (AvgIpc) is 3.03. The predicted octanol–water partition coefficient (Wildman–Crippen LogP) is 4.13. The van der Waals surface area contributed by atoms with Gasteiger partial charge in [0.1, 0.15) is 0 Å². The zero-order valence-corrected chi connectivity index (χ0v) is 16.2. The van der Waals surface area contributed by atoms with Crippen molar-refractivity contribution in [3.05, 3.63) is 65.7 Å². The van der Waals surface area contributed by atoms with Crippen molar-refractivity contribution >= 4 is 29.1 Å². The summed E-state index contributed by atoms with van der Waals surface area (Å²) in [5, 5.41) is 23.5. The monoisotopic (exact) mass is 383 g/mol. The summed E-state index contributed by atoms with van der Waals surface area (Å²) in [6.45, 7) is 2.98. The van der Waals surface area contributed by atoms with Gasteiger partial charge in [0.15, 0.2) is 0 Å². The molecule has 0 aliphatic carbocycles. The van der Waals surface area contributed by atoms with Crippen LogP contribution in [0.2, 0.25) is 0 Å². The van der Waals surface area contributed by atoms with Gasteiger partial charge in [0.25, 0.3) is 5.91 Å². The Morgan fingerprint density at radius 2 is 1.62 bits per heavy atom. The first kappa shape index (κ1) is 19.9. The molecule has 0 bridgehead atoms. The Labute approximate surface area is 170 Å². The fourth-order valence-corrected chi connectivity index (χ4v) is 3.12. The Bertz CT molecular complexity index is 992. The summed E-state index contributed by atoms with van der Waals surface area (Å²) in [7, 11) is 0. The molecule has 0 aromatic heterocycles. The number of carbonyl (C=O) groups excluding carboxylic acids is 1. The lowest BCUT2D eigenvalue weighted by Crippen LogP contribution is -2.25. The Hall–Kier alpha value is -3.90. The third-order valence-electron chi connectivity index (χ3n) is 4.62. The molecule has 0 atom stereocenters. The van der Waals surface area contributed by atoms with E-state index >= 15 is 0 Å². The van der Waals surface area contributed by atoms with Crippen molar-refractivity contribution in [2.45, 2.75) is 19.8 Å². The molecule has 29 heavy (non-hydrogen) atoms. The summed E-state index contributed by atoms with van der Waals surface area (Å²) >= 11 is 0. The van der Waals surface area contributed by atoms with Gasteiger partial charge in [0, 0.05) is 18.8 Å². The number of anilines is 2. The topological polar surface area (TPSA) is 83.5 Å². The lowest BCUT2D eigenvalue weighted by atomic mass is 10.1. The van der Waals surface area contributed by atoms with Crippen molar-refractivity contribution in [3.63, 3.8) is 0 Å². The van der Waals surface area contributed by atoms with Gasteiger partial charge in [-0.25, -0.2) is 0 Å². The van der Waals surface area contributed by atoms with Gasteiger partial charge in [-0.2, -0.15) is 20.6 Å². The largest absolute Gasteiger partial charge is 0.369 e. The molecule has 0 unspecified atom stereocenters. The Morgan fingerprint density at radius 1 is 1.00 bits per heavy atom. The van der Waals surface area contributed by atoms with Gasteiger partial charge in [-0.05, 0) is 42.8 Å². The summed E-state index contributed by atoms with van der Waals surface area (Å²) in [5.41, 5.74) is 3.81. The first-order valence-corrected chi connectivity index (χ1v) is 9.39. The van der Waals surface area contributed by atoms with Crippen LogP contribution >= 0.6 is 0 Å². The average molecular weight is 383 g/mol. The molecule has 0 saturated heterocycles. The van der Waals surface area contributed by atoms with Crippen molar-refractivity contribution in [2.24, 2.45) is 5.10 Å². The summed E-state index contributed by atoms with van der Waals surface area (Å²) in [5.74, 6) is -0.151. The van der Waals surface area contributed by atoms with Gasteiger partial charge in [-0.15, -0.1) is 0 Å². The van der Waals surface area contributed by atoms with E-state index in [0.29, 0.717) is 37.2 Å². The Kier molecular flexibility index (Phi) is 6.40. The second kappa shape index (κ2) is 9.34. The number of nitriles is 2. The molecule has 3 rings (SSSR count). The van der Waals surface area contributed by atoms with Gasteiger partial charge in [0.2, 0.25) is 0 Å². The van der Waals surface area contributed by atoms with E-state index < -0.39 is 0 Å². The minimum absolute atomic E-state index is 0.151. The van der Waals surface area contributed by atoms with Crippen molar-refractivity contribution in [1.82, 2.24) is 0 Å². The SMILES string of the molecule is CC1=NN(c2ccccc2)C(=O)/C1=C\c1ccc(N(CCC#N)CCC#N)cc1. The van der Waals surface area contributed by atoms with Crippen molar-refractivity contribution in [1.29, 1.82) is 10.5 Å². The van der Waals surface area contributed by atoms with Gasteiger partial charge in [0.05, 0.1) is 42.0 Å². The van der Waals surface area contributed by atoms with E-state index in [2.05, 4.69) is 17.2 Å². The number of benzene rings is 2. The van der Waals surface area contributed by atoms with Crippen LogP contribution in [0.15, 0.2) is 65.3 Å². The molecule has 2 aromatic rings. The maximum absolute atomic E-state index is 12.8. The van der Waals surface area contributed by atoms with Crippen LogP contribution < -0.4 is 9.91 Å². The van der Waals surface area contributed by atoms with Crippen molar-refractivity contribution in [3.8, 4) is 12.1 Å². The third kappa shape index (κ3) is 4.69. The summed E-state index contributed by atoms with van der Waals surface area (Å²) < 4.78 is 0. The molecule has 2 aromatic carbocycles. The predicted molar refractivity (Wildman–Crippen MR) is 114 cm³/mol. The van der Waals surface area contributed by atoms with Crippen LogP contribution in [0.1, 0.15) is 25.3 Å². The van der Waals surface area contributed by atoms with Gasteiger partial charge < -0.3 is 4.90 Å². The summed E-state index contributed by atoms with van der Waals surface area (Å²) in [4.78, 5) is 14.8.